The zero-order valence-electron chi connectivity index (χ0n) is 12.8. The first-order valence-corrected chi connectivity index (χ1v) is 7.95. The van der Waals surface area contributed by atoms with Crippen molar-refractivity contribution in [2.45, 2.75) is 51.4 Å². The number of piperidine rings is 1. The van der Waals surface area contributed by atoms with Gasteiger partial charge in [-0.05, 0) is 43.8 Å². The van der Waals surface area contributed by atoms with Crippen molar-refractivity contribution in [2.24, 2.45) is 5.92 Å². The molecule has 0 unspecified atom stereocenters. The van der Waals surface area contributed by atoms with Crippen LogP contribution < -0.4 is 5.32 Å². The van der Waals surface area contributed by atoms with Crippen LogP contribution in [0.25, 0.3) is 0 Å². The fraction of sp³-hybridized carbons (Fsp3) is 0.611. The van der Waals surface area contributed by atoms with E-state index in [0.29, 0.717) is 11.7 Å². The third-order valence-electron chi connectivity index (χ3n) is 4.50. The van der Waals surface area contributed by atoms with E-state index in [0.717, 1.165) is 45.2 Å². The van der Waals surface area contributed by atoms with E-state index in [1.54, 1.807) is 0 Å². The van der Waals surface area contributed by atoms with E-state index in [-0.39, 0.29) is 5.41 Å². The van der Waals surface area contributed by atoms with Gasteiger partial charge in [-0.1, -0.05) is 50.6 Å². The molecule has 1 aromatic rings. The van der Waals surface area contributed by atoms with E-state index in [4.69, 9.17) is 0 Å². The number of Topliss-reactive ketones (excluding diaryl/α,β-unsaturated/α-hetero) is 1. The Labute approximate surface area is 123 Å². The Kier molecular flexibility index (Phi) is 5.36. The summed E-state index contributed by atoms with van der Waals surface area (Å²) in [7, 11) is 0. The molecular formula is C18H27NO. The van der Waals surface area contributed by atoms with E-state index >= 15 is 0 Å². The molecule has 1 heterocycles. The topological polar surface area (TPSA) is 29.1 Å². The van der Waals surface area contributed by atoms with Gasteiger partial charge in [0.1, 0.15) is 5.78 Å². The molecular weight excluding hydrogens is 246 g/mol. The van der Waals surface area contributed by atoms with E-state index in [1.807, 2.05) is 6.07 Å². The number of carbonyl (C=O) groups excluding carboxylic acids is 1. The van der Waals surface area contributed by atoms with Crippen molar-refractivity contribution in [3.63, 3.8) is 0 Å². The fourth-order valence-electron chi connectivity index (χ4n) is 3.25. The normalized spacial score (nSPS) is 18.1. The summed E-state index contributed by atoms with van der Waals surface area (Å²) in [5.74, 6) is 1.13. The van der Waals surface area contributed by atoms with Crippen LogP contribution in [0.3, 0.4) is 0 Å². The summed E-state index contributed by atoms with van der Waals surface area (Å²) in [6.45, 7) is 6.35. The Hall–Kier alpha value is -1.15. The lowest BCUT2D eigenvalue weighted by Crippen LogP contribution is -2.45. The number of nitrogens with one attached hydrogen (secondary N) is 1. The maximum absolute atomic E-state index is 12.9. The smallest absolute Gasteiger partial charge is 0.143 e. The van der Waals surface area contributed by atoms with Gasteiger partial charge in [-0.25, -0.2) is 0 Å². The van der Waals surface area contributed by atoms with E-state index in [1.165, 1.54) is 5.56 Å². The van der Waals surface area contributed by atoms with Crippen LogP contribution in [-0.2, 0) is 10.2 Å². The molecule has 1 saturated heterocycles. The van der Waals surface area contributed by atoms with Crippen molar-refractivity contribution < 1.29 is 4.79 Å². The van der Waals surface area contributed by atoms with Gasteiger partial charge >= 0.3 is 0 Å². The average Bonchev–Trinajstić information content (AvgIpc) is 2.48. The van der Waals surface area contributed by atoms with Crippen molar-refractivity contribution in [2.75, 3.05) is 13.1 Å². The fourth-order valence-corrected chi connectivity index (χ4v) is 3.25. The van der Waals surface area contributed by atoms with Crippen molar-refractivity contribution in [1.29, 1.82) is 0 Å². The van der Waals surface area contributed by atoms with Gasteiger partial charge in [-0.3, -0.25) is 4.79 Å². The SMILES string of the molecule is CC(C)CCCC(=O)C1(c2ccccc2)CCNCC1. The summed E-state index contributed by atoms with van der Waals surface area (Å²) in [6.07, 6.45) is 4.79. The summed E-state index contributed by atoms with van der Waals surface area (Å²) in [6, 6.07) is 10.4. The Morgan fingerprint density at radius 1 is 1.20 bits per heavy atom. The molecule has 2 heteroatoms. The first-order valence-electron chi connectivity index (χ1n) is 7.95. The van der Waals surface area contributed by atoms with Gasteiger partial charge in [0.25, 0.3) is 0 Å². The van der Waals surface area contributed by atoms with Crippen LogP contribution in [-0.4, -0.2) is 18.9 Å². The zero-order valence-corrected chi connectivity index (χ0v) is 12.8. The largest absolute Gasteiger partial charge is 0.317 e. The summed E-state index contributed by atoms with van der Waals surface area (Å²) in [5.41, 5.74) is 0.986. The zero-order chi connectivity index (χ0) is 14.4. The minimum Gasteiger partial charge on any atom is -0.317 e. The molecule has 1 aliphatic heterocycles. The Morgan fingerprint density at radius 3 is 2.45 bits per heavy atom. The second-order valence-corrected chi connectivity index (χ2v) is 6.41. The number of hydrogen-bond donors (Lipinski definition) is 1. The highest BCUT2D eigenvalue weighted by Crippen LogP contribution is 2.36. The number of benzene rings is 1. The molecule has 0 spiro atoms. The predicted molar refractivity (Wildman–Crippen MR) is 83.9 cm³/mol. The van der Waals surface area contributed by atoms with Crippen LogP contribution in [0, 0.1) is 5.92 Å². The summed E-state index contributed by atoms with van der Waals surface area (Å²) in [5, 5.41) is 3.39. The number of rotatable bonds is 6. The highest BCUT2D eigenvalue weighted by atomic mass is 16.1. The Morgan fingerprint density at radius 2 is 1.85 bits per heavy atom. The lowest BCUT2D eigenvalue weighted by Gasteiger charge is -2.37. The molecule has 1 N–H and O–H groups in total. The molecule has 0 aliphatic carbocycles. The lowest BCUT2D eigenvalue weighted by molar-refractivity contribution is -0.125. The van der Waals surface area contributed by atoms with Crippen molar-refractivity contribution >= 4 is 5.78 Å². The van der Waals surface area contributed by atoms with Crippen LogP contribution >= 0.6 is 0 Å². The number of ketones is 1. The molecule has 0 radical (unpaired) electrons. The van der Waals surface area contributed by atoms with Crippen LogP contribution in [0.15, 0.2) is 30.3 Å². The monoisotopic (exact) mass is 273 g/mol. The van der Waals surface area contributed by atoms with E-state index in [2.05, 4.69) is 43.4 Å². The van der Waals surface area contributed by atoms with Crippen LogP contribution in [0.1, 0.15) is 51.5 Å². The van der Waals surface area contributed by atoms with E-state index < -0.39 is 0 Å². The molecule has 110 valence electrons. The summed E-state index contributed by atoms with van der Waals surface area (Å²) >= 11 is 0. The lowest BCUT2D eigenvalue weighted by atomic mass is 9.69. The molecule has 0 aromatic heterocycles. The minimum atomic E-state index is -0.233. The molecule has 2 rings (SSSR count). The molecule has 1 aromatic carbocycles. The highest BCUT2D eigenvalue weighted by molar-refractivity contribution is 5.90. The summed E-state index contributed by atoms with van der Waals surface area (Å²) < 4.78 is 0. The van der Waals surface area contributed by atoms with Crippen molar-refractivity contribution in [3.05, 3.63) is 35.9 Å². The summed E-state index contributed by atoms with van der Waals surface area (Å²) in [4.78, 5) is 12.9. The van der Waals surface area contributed by atoms with Gasteiger partial charge in [-0.15, -0.1) is 0 Å². The van der Waals surface area contributed by atoms with Crippen LogP contribution in [0.4, 0.5) is 0 Å². The molecule has 2 nitrogen and oxygen atoms in total. The molecule has 1 fully saturated rings. The third-order valence-corrected chi connectivity index (χ3v) is 4.50. The first-order chi connectivity index (χ1) is 9.65. The maximum atomic E-state index is 12.9. The van der Waals surface area contributed by atoms with Crippen LogP contribution in [0.2, 0.25) is 0 Å². The standard InChI is InChI=1S/C18H27NO/c1-15(2)7-6-10-17(20)18(11-13-19-14-12-18)16-8-4-3-5-9-16/h3-5,8-9,15,19H,6-7,10-14H2,1-2H3. The van der Waals surface area contributed by atoms with Gasteiger partial charge in [0.15, 0.2) is 0 Å². The Balaban J connectivity index is 2.13. The Bertz CT molecular complexity index is 418. The average molecular weight is 273 g/mol. The first kappa shape index (κ1) is 15.2. The molecule has 0 saturated carbocycles. The second kappa shape index (κ2) is 7.03. The van der Waals surface area contributed by atoms with Gasteiger partial charge in [0.05, 0.1) is 5.41 Å². The van der Waals surface area contributed by atoms with Gasteiger partial charge in [0.2, 0.25) is 0 Å². The van der Waals surface area contributed by atoms with Gasteiger partial charge in [-0.2, -0.15) is 0 Å². The van der Waals surface area contributed by atoms with Gasteiger partial charge < -0.3 is 5.32 Å². The molecule has 0 amide bonds. The minimum absolute atomic E-state index is 0.233. The third kappa shape index (κ3) is 3.49. The van der Waals surface area contributed by atoms with Crippen molar-refractivity contribution in [3.8, 4) is 0 Å². The quantitative estimate of drug-likeness (QED) is 0.856. The highest BCUT2D eigenvalue weighted by Gasteiger charge is 2.39. The maximum Gasteiger partial charge on any atom is 0.143 e. The van der Waals surface area contributed by atoms with Crippen molar-refractivity contribution in [1.82, 2.24) is 5.32 Å². The van der Waals surface area contributed by atoms with Crippen LogP contribution in [0.5, 0.6) is 0 Å². The van der Waals surface area contributed by atoms with Gasteiger partial charge in [0, 0.05) is 6.42 Å². The molecule has 1 aliphatic rings. The second-order valence-electron chi connectivity index (χ2n) is 6.41. The molecule has 20 heavy (non-hydrogen) atoms. The predicted octanol–water partition coefficient (Wildman–Crippen LogP) is 3.70. The number of carbonyl (C=O) groups is 1. The molecule has 0 bridgehead atoms. The number of hydrogen-bond acceptors (Lipinski definition) is 2. The van der Waals surface area contributed by atoms with E-state index in [9.17, 15) is 4.79 Å². The molecule has 0 atom stereocenters.